The number of carbonyl (C=O) groups is 1. The van der Waals surface area contributed by atoms with Crippen LogP contribution in [0, 0.1) is 17.8 Å². The summed E-state index contributed by atoms with van der Waals surface area (Å²) in [6.45, 7) is 0.569. The number of fused-ring (bicyclic) bond motifs is 1. The molecular weight excluding hydrogens is 246 g/mol. The van der Waals surface area contributed by atoms with Crippen molar-refractivity contribution in [3.05, 3.63) is 10.0 Å². The summed E-state index contributed by atoms with van der Waals surface area (Å²) in [5.41, 5.74) is 0. The first-order valence-electron chi connectivity index (χ1n) is 6.93. The predicted molar refractivity (Wildman–Crippen MR) is 68.1 cm³/mol. The standard InChI is InChI=1S/C13H17N3OS/c17-12(11-8-2-1-3-9(8)11)14-6-10-15-16-13(18-10)7-4-5-7/h7-9,11H,1-6H2,(H,14,17). The number of nitrogens with zero attached hydrogens (tertiary/aromatic N) is 2. The molecule has 3 fully saturated rings. The van der Waals surface area contributed by atoms with E-state index < -0.39 is 0 Å². The van der Waals surface area contributed by atoms with Crippen LogP contribution in [0.2, 0.25) is 0 Å². The Morgan fingerprint density at radius 2 is 2.00 bits per heavy atom. The van der Waals surface area contributed by atoms with E-state index in [1.807, 2.05) is 0 Å². The molecule has 2 atom stereocenters. The molecule has 0 spiro atoms. The highest BCUT2D eigenvalue weighted by atomic mass is 32.1. The van der Waals surface area contributed by atoms with E-state index in [4.69, 9.17) is 0 Å². The summed E-state index contributed by atoms with van der Waals surface area (Å²) in [5, 5.41) is 13.5. The molecule has 96 valence electrons. The quantitative estimate of drug-likeness (QED) is 0.905. The van der Waals surface area contributed by atoms with Gasteiger partial charge in [-0.1, -0.05) is 17.8 Å². The van der Waals surface area contributed by atoms with Crippen molar-refractivity contribution in [2.75, 3.05) is 0 Å². The van der Waals surface area contributed by atoms with Gasteiger partial charge >= 0.3 is 0 Å². The third-order valence-corrected chi connectivity index (χ3v) is 5.62. The minimum absolute atomic E-state index is 0.243. The molecule has 1 aromatic heterocycles. The lowest BCUT2D eigenvalue weighted by molar-refractivity contribution is -0.123. The molecule has 2 unspecified atom stereocenters. The SMILES string of the molecule is O=C(NCc1nnc(C2CC2)s1)C1C2CCCC21. The Labute approximate surface area is 110 Å². The van der Waals surface area contributed by atoms with Gasteiger partial charge in [0.2, 0.25) is 5.91 Å². The maximum absolute atomic E-state index is 12.0. The minimum atomic E-state index is 0.243. The third kappa shape index (κ3) is 1.85. The number of nitrogens with one attached hydrogen (secondary N) is 1. The van der Waals surface area contributed by atoms with Crippen LogP contribution >= 0.6 is 11.3 Å². The zero-order valence-corrected chi connectivity index (χ0v) is 11.1. The number of carbonyl (C=O) groups excluding carboxylic acids is 1. The zero-order valence-electron chi connectivity index (χ0n) is 10.3. The molecule has 3 aliphatic carbocycles. The van der Waals surface area contributed by atoms with Gasteiger partial charge in [0.15, 0.2) is 0 Å². The van der Waals surface area contributed by atoms with Crippen LogP contribution in [0.15, 0.2) is 0 Å². The second kappa shape index (κ2) is 4.02. The Bertz CT molecular complexity index is 472. The summed E-state index contributed by atoms with van der Waals surface area (Å²) in [4.78, 5) is 12.0. The van der Waals surface area contributed by atoms with Gasteiger partial charge in [-0.2, -0.15) is 0 Å². The smallest absolute Gasteiger partial charge is 0.224 e. The second-order valence-corrected chi connectivity index (χ2v) is 6.90. The van der Waals surface area contributed by atoms with Gasteiger partial charge in [-0.15, -0.1) is 10.2 Å². The third-order valence-electron chi connectivity index (χ3n) is 4.53. The summed E-state index contributed by atoms with van der Waals surface area (Å²) in [5.74, 6) is 2.61. The maximum atomic E-state index is 12.0. The van der Waals surface area contributed by atoms with Gasteiger partial charge < -0.3 is 5.32 Å². The number of amides is 1. The van der Waals surface area contributed by atoms with Gasteiger partial charge in [-0.05, 0) is 37.5 Å². The molecule has 0 radical (unpaired) electrons. The lowest BCUT2D eigenvalue weighted by atomic mass is 10.1. The highest BCUT2D eigenvalue weighted by Crippen LogP contribution is 2.57. The Balaban J connectivity index is 1.31. The van der Waals surface area contributed by atoms with Crippen molar-refractivity contribution in [3.63, 3.8) is 0 Å². The Morgan fingerprint density at radius 3 is 2.72 bits per heavy atom. The first-order valence-corrected chi connectivity index (χ1v) is 7.74. The lowest BCUT2D eigenvalue weighted by Gasteiger charge is -2.03. The summed E-state index contributed by atoms with van der Waals surface area (Å²) >= 11 is 1.66. The Hall–Kier alpha value is -0.970. The maximum Gasteiger partial charge on any atom is 0.224 e. The summed E-state index contributed by atoms with van der Waals surface area (Å²) in [6, 6.07) is 0. The van der Waals surface area contributed by atoms with Crippen LogP contribution in [0.25, 0.3) is 0 Å². The molecule has 1 aromatic rings. The van der Waals surface area contributed by atoms with E-state index in [-0.39, 0.29) is 5.91 Å². The van der Waals surface area contributed by atoms with Gasteiger partial charge in [-0.25, -0.2) is 0 Å². The molecule has 4 nitrogen and oxygen atoms in total. The van der Waals surface area contributed by atoms with Crippen LogP contribution in [-0.4, -0.2) is 16.1 Å². The Morgan fingerprint density at radius 1 is 1.22 bits per heavy atom. The Kier molecular flexibility index (Phi) is 2.43. The van der Waals surface area contributed by atoms with Crippen LogP contribution in [0.1, 0.15) is 48.0 Å². The van der Waals surface area contributed by atoms with E-state index in [9.17, 15) is 4.79 Å². The predicted octanol–water partition coefficient (Wildman–Crippen LogP) is 2.08. The van der Waals surface area contributed by atoms with Gasteiger partial charge in [-0.3, -0.25) is 4.79 Å². The van der Waals surface area contributed by atoms with Crippen molar-refractivity contribution < 1.29 is 4.79 Å². The number of rotatable bonds is 4. The molecular formula is C13H17N3OS. The van der Waals surface area contributed by atoms with Gasteiger partial charge in [0.05, 0.1) is 6.54 Å². The number of aromatic nitrogens is 2. The molecule has 0 aliphatic heterocycles. The van der Waals surface area contributed by atoms with Crippen LogP contribution in [0.3, 0.4) is 0 Å². The highest BCUT2D eigenvalue weighted by Gasteiger charge is 2.56. The van der Waals surface area contributed by atoms with Gasteiger partial charge in [0.1, 0.15) is 10.0 Å². The molecule has 1 N–H and O–H groups in total. The topological polar surface area (TPSA) is 54.9 Å². The van der Waals surface area contributed by atoms with Crippen LogP contribution in [0.4, 0.5) is 0 Å². The van der Waals surface area contributed by atoms with Crippen molar-refractivity contribution in [2.24, 2.45) is 17.8 Å². The number of hydrogen-bond acceptors (Lipinski definition) is 4. The molecule has 0 saturated heterocycles. The molecule has 4 rings (SSSR count). The fraction of sp³-hybridized carbons (Fsp3) is 0.769. The summed E-state index contributed by atoms with van der Waals surface area (Å²) in [6.07, 6.45) is 6.35. The van der Waals surface area contributed by atoms with Crippen molar-refractivity contribution in [1.29, 1.82) is 0 Å². The lowest BCUT2D eigenvalue weighted by Crippen LogP contribution is -2.26. The van der Waals surface area contributed by atoms with E-state index in [1.165, 1.54) is 32.1 Å². The van der Waals surface area contributed by atoms with Crippen molar-refractivity contribution in [1.82, 2.24) is 15.5 Å². The monoisotopic (exact) mass is 263 g/mol. The fourth-order valence-corrected chi connectivity index (χ4v) is 4.28. The molecule has 1 amide bonds. The largest absolute Gasteiger partial charge is 0.349 e. The molecule has 5 heteroatoms. The molecule has 3 aliphatic rings. The molecule has 0 aromatic carbocycles. The van der Waals surface area contributed by atoms with E-state index in [0.717, 1.165) is 10.0 Å². The fourth-order valence-electron chi connectivity index (χ4n) is 3.32. The second-order valence-electron chi connectivity index (χ2n) is 5.81. The average molecular weight is 263 g/mol. The normalized spacial score (nSPS) is 33.2. The van der Waals surface area contributed by atoms with Crippen LogP contribution in [0.5, 0.6) is 0 Å². The summed E-state index contributed by atoms with van der Waals surface area (Å²) in [7, 11) is 0. The first kappa shape index (κ1) is 10.9. The summed E-state index contributed by atoms with van der Waals surface area (Å²) < 4.78 is 0. The van der Waals surface area contributed by atoms with E-state index >= 15 is 0 Å². The van der Waals surface area contributed by atoms with E-state index in [1.54, 1.807) is 11.3 Å². The zero-order chi connectivity index (χ0) is 12.1. The average Bonchev–Trinajstić information content (AvgIpc) is 3.25. The van der Waals surface area contributed by atoms with Crippen molar-refractivity contribution in [2.45, 2.75) is 44.6 Å². The minimum Gasteiger partial charge on any atom is -0.349 e. The molecule has 18 heavy (non-hydrogen) atoms. The van der Waals surface area contributed by atoms with Crippen molar-refractivity contribution >= 4 is 17.2 Å². The molecule has 1 heterocycles. The van der Waals surface area contributed by atoms with E-state index in [0.29, 0.717) is 30.2 Å². The first-order chi connectivity index (χ1) is 8.83. The molecule has 0 bridgehead atoms. The van der Waals surface area contributed by atoms with Gasteiger partial charge in [0, 0.05) is 11.8 Å². The van der Waals surface area contributed by atoms with E-state index in [2.05, 4.69) is 15.5 Å². The van der Waals surface area contributed by atoms with Crippen LogP contribution < -0.4 is 5.32 Å². The van der Waals surface area contributed by atoms with Crippen molar-refractivity contribution in [3.8, 4) is 0 Å². The highest BCUT2D eigenvalue weighted by molar-refractivity contribution is 7.11. The van der Waals surface area contributed by atoms with Gasteiger partial charge in [0.25, 0.3) is 0 Å². The number of hydrogen-bond donors (Lipinski definition) is 1. The molecule has 3 saturated carbocycles. The van der Waals surface area contributed by atoms with Crippen LogP contribution in [-0.2, 0) is 11.3 Å².